The van der Waals surface area contributed by atoms with E-state index in [1.807, 2.05) is 60.7 Å². The first-order valence-electron chi connectivity index (χ1n) is 23.2. The van der Waals surface area contributed by atoms with Crippen molar-refractivity contribution in [1.82, 2.24) is 45.0 Å². The van der Waals surface area contributed by atoms with Crippen LogP contribution in [0, 0.1) is 0 Å². The van der Waals surface area contributed by atoms with Gasteiger partial charge in [0, 0.05) is 71.4 Å². The zero-order chi connectivity index (χ0) is 51.7. The van der Waals surface area contributed by atoms with E-state index in [2.05, 4.69) is 20.9 Å². The highest BCUT2D eigenvalue weighted by Gasteiger charge is 2.34. The van der Waals surface area contributed by atoms with Crippen LogP contribution in [-0.2, 0) is 51.1 Å². The fraction of sp³-hybridized carbons (Fsp3) is 0.388. The van der Waals surface area contributed by atoms with Gasteiger partial charge in [-0.15, -0.1) is 0 Å². The molecule has 2 aromatic carbocycles. The molecule has 1 fully saturated rings. The third-order valence-corrected chi connectivity index (χ3v) is 11.5. The Morgan fingerprint density at radius 3 is 2.03 bits per heavy atom. The molecule has 0 bridgehead atoms. The standard InChI is InChI=1S/C49H58N10O13/c1-31(60)51-37(28-42(62)63)46(67)54-36(27-41(50)61)45(66)55-38(29-43(64)65)47(68)56(2)18-19-58(17-10-16-57-20-23-70-24-21-57)49(69)72-48-39(26-34-15-9-22-71-34)53-44-35(25-32-11-5-3-6-12-32)52-40(30-59(44)48)33-13-7-4-8-14-33/h3-9,11-15,22,30,36-38H,10,16-21,23-29H2,1-2H3,(H2,50,61)(H,51,60)(H,54,67)(H,55,66)(H,62,63)(H,64,65). The average molecular weight is 995 g/mol. The first kappa shape index (κ1) is 53.2. The molecule has 3 unspecified atom stereocenters. The van der Waals surface area contributed by atoms with Gasteiger partial charge in [0.15, 0.2) is 5.65 Å². The number of primary amides is 1. The quantitative estimate of drug-likeness (QED) is 0.0482. The number of rotatable bonds is 25. The lowest BCUT2D eigenvalue weighted by Gasteiger charge is -2.30. The monoisotopic (exact) mass is 994 g/mol. The minimum atomic E-state index is -1.81. The summed E-state index contributed by atoms with van der Waals surface area (Å²) in [7, 11) is 1.34. The molecule has 7 N–H and O–H groups in total. The predicted octanol–water partition coefficient (Wildman–Crippen LogP) is 1.45. The van der Waals surface area contributed by atoms with Crippen molar-refractivity contribution < 1.29 is 62.5 Å². The number of hydrogen-bond donors (Lipinski definition) is 6. The maximum Gasteiger partial charge on any atom is 0.416 e. The van der Waals surface area contributed by atoms with Gasteiger partial charge in [-0.25, -0.2) is 14.8 Å². The number of carboxylic acid groups (broad SMARTS) is 2. The second kappa shape index (κ2) is 25.6. The molecule has 1 aliphatic rings. The molecular formula is C49H58N10O13. The molecule has 0 aliphatic carbocycles. The van der Waals surface area contributed by atoms with Crippen LogP contribution in [0.15, 0.2) is 89.7 Å². The molecule has 4 heterocycles. The molecule has 23 heteroatoms. The Bertz CT molecular complexity index is 2680. The van der Waals surface area contributed by atoms with Crippen LogP contribution in [0.3, 0.4) is 0 Å². The first-order valence-corrected chi connectivity index (χ1v) is 23.2. The Balaban J connectivity index is 1.27. The van der Waals surface area contributed by atoms with Crippen LogP contribution in [-0.4, -0.2) is 165 Å². The lowest BCUT2D eigenvalue weighted by atomic mass is 10.1. The van der Waals surface area contributed by atoms with E-state index in [4.69, 9.17) is 29.6 Å². The number of amides is 6. The third-order valence-electron chi connectivity index (χ3n) is 11.5. The van der Waals surface area contributed by atoms with Gasteiger partial charge in [-0.3, -0.25) is 42.9 Å². The highest BCUT2D eigenvalue weighted by molar-refractivity contribution is 5.98. The Kier molecular flexibility index (Phi) is 18.9. The number of nitrogens with zero attached hydrogens (tertiary/aromatic N) is 6. The van der Waals surface area contributed by atoms with Gasteiger partial charge in [0.05, 0.1) is 56.5 Å². The van der Waals surface area contributed by atoms with Gasteiger partial charge < -0.3 is 55.6 Å². The maximum atomic E-state index is 14.7. The summed E-state index contributed by atoms with van der Waals surface area (Å²) in [5, 5.41) is 25.7. The molecular weight excluding hydrogens is 937 g/mol. The summed E-state index contributed by atoms with van der Waals surface area (Å²) in [6.45, 7) is 3.98. The number of carbonyl (C=O) groups is 8. The van der Waals surface area contributed by atoms with Crippen molar-refractivity contribution in [2.24, 2.45) is 5.73 Å². The van der Waals surface area contributed by atoms with Crippen LogP contribution in [0.1, 0.15) is 55.3 Å². The van der Waals surface area contributed by atoms with Crippen molar-refractivity contribution in [3.8, 4) is 17.1 Å². The average Bonchev–Trinajstić information content (AvgIpc) is 3.99. The normalized spacial score (nSPS) is 13.8. The number of benzene rings is 2. The molecule has 72 heavy (non-hydrogen) atoms. The van der Waals surface area contributed by atoms with Gasteiger partial charge in [0.2, 0.25) is 35.4 Å². The summed E-state index contributed by atoms with van der Waals surface area (Å²) in [4.78, 5) is 117. The minimum Gasteiger partial charge on any atom is -0.481 e. The van der Waals surface area contributed by atoms with Gasteiger partial charge in [0.1, 0.15) is 29.6 Å². The summed E-state index contributed by atoms with van der Waals surface area (Å²) in [5.74, 6) is -7.41. The van der Waals surface area contributed by atoms with Gasteiger partial charge in [-0.05, 0) is 24.1 Å². The lowest BCUT2D eigenvalue weighted by Crippen LogP contribution is -2.58. The van der Waals surface area contributed by atoms with Crippen LogP contribution in [0.25, 0.3) is 16.9 Å². The van der Waals surface area contributed by atoms with Gasteiger partial charge in [-0.1, -0.05) is 60.7 Å². The van der Waals surface area contributed by atoms with Crippen LogP contribution in [0.4, 0.5) is 4.79 Å². The topological polar surface area (TPSA) is 311 Å². The molecule has 0 radical (unpaired) electrons. The molecule has 3 aromatic heterocycles. The summed E-state index contributed by atoms with van der Waals surface area (Å²) in [6, 6.07) is 17.5. The maximum absolute atomic E-state index is 14.7. The third kappa shape index (κ3) is 15.4. The number of morpholine rings is 1. The SMILES string of the molecule is CC(=O)NC(CC(=O)O)C(=O)NC(CC(N)=O)C(=O)NC(CC(=O)O)C(=O)N(C)CCN(CCCN1CCOCC1)C(=O)Oc1c(Cc2ccco2)nc2c(Cc3ccccc3)nc(-c3ccccc3)cn12. The number of nitrogens with two attached hydrogens (primary N) is 1. The lowest BCUT2D eigenvalue weighted by molar-refractivity contribution is -0.144. The molecule has 3 atom stereocenters. The zero-order valence-corrected chi connectivity index (χ0v) is 39.9. The summed E-state index contributed by atoms with van der Waals surface area (Å²) < 4.78 is 19.3. The van der Waals surface area contributed by atoms with E-state index in [1.54, 1.807) is 22.7 Å². The predicted molar refractivity (Wildman–Crippen MR) is 256 cm³/mol. The van der Waals surface area contributed by atoms with Crippen LogP contribution >= 0.6 is 0 Å². The number of nitrogens with one attached hydrogen (secondary N) is 3. The van der Waals surface area contributed by atoms with Gasteiger partial charge >= 0.3 is 18.0 Å². The Morgan fingerprint density at radius 2 is 1.40 bits per heavy atom. The van der Waals surface area contributed by atoms with E-state index >= 15 is 0 Å². The Labute approximate surface area is 413 Å². The van der Waals surface area contributed by atoms with Crippen molar-refractivity contribution in [1.29, 1.82) is 0 Å². The number of ether oxygens (including phenoxy) is 2. The van der Waals surface area contributed by atoms with Gasteiger partial charge in [-0.2, -0.15) is 0 Å². The van der Waals surface area contributed by atoms with Gasteiger partial charge in [0.25, 0.3) is 0 Å². The number of hydrogen-bond acceptors (Lipinski definition) is 14. The van der Waals surface area contributed by atoms with E-state index in [1.165, 1.54) is 18.2 Å². The summed E-state index contributed by atoms with van der Waals surface area (Å²) >= 11 is 0. The second-order valence-electron chi connectivity index (χ2n) is 17.1. The number of imidazole rings is 1. The number of aromatic nitrogens is 3. The van der Waals surface area contributed by atoms with Crippen LogP contribution in [0.5, 0.6) is 5.88 Å². The van der Waals surface area contributed by atoms with E-state index in [-0.39, 0.29) is 31.9 Å². The zero-order valence-electron chi connectivity index (χ0n) is 39.9. The van der Waals surface area contributed by atoms with E-state index < -0.39 is 85.0 Å². The molecule has 6 amide bonds. The van der Waals surface area contributed by atoms with Crippen molar-refractivity contribution in [3.05, 3.63) is 108 Å². The highest BCUT2D eigenvalue weighted by Crippen LogP contribution is 2.30. The number of carbonyl (C=O) groups excluding carboxylic acids is 6. The molecule has 382 valence electrons. The van der Waals surface area contributed by atoms with E-state index in [9.17, 15) is 48.6 Å². The highest BCUT2D eigenvalue weighted by atomic mass is 16.6. The number of likely N-dealkylation sites (N-methyl/N-ethyl adjacent to an activating group) is 1. The Morgan fingerprint density at radius 1 is 0.764 bits per heavy atom. The smallest absolute Gasteiger partial charge is 0.416 e. The number of furan rings is 1. The largest absolute Gasteiger partial charge is 0.481 e. The fourth-order valence-electron chi connectivity index (χ4n) is 7.95. The van der Waals surface area contributed by atoms with Crippen molar-refractivity contribution in [2.75, 3.05) is 59.5 Å². The molecule has 0 saturated carbocycles. The van der Waals surface area contributed by atoms with Crippen LogP contribution < -0.4 is 26.4 Å². The second-order valence-corrected chi connectivity index (χ2v) is 17.1. The minimum absolute atomic E-state index is 0.107. The van der Waals surface area contributed by atoms with Crippen molar-refractivity contribution >= 4 is 53.2 Å². The summed E-state index contributed by atoms with van der Waals surface area (Å²) in [6.07, 6.45) is 0.873. The number of fused-ring (bicyclic) bond motifs is 1. The van der Waals surface area contributed by atoms with Crippen molar-refractivity contribution in [3.63, 3.8) is 0 Å². The van der Waals surface area contributed by atoms with E-state index in [0.717, 1.165) is 23.0 Å². The molecule has 23 nitrogen and oxygen atoms in total. The fourth-order valence-corrected chi connectivity index (χ4v) is 7.95. The number of carboxylic acids is 2. The van der Waals surface area contributed by atoms with Crippen molar-refractivity contribution in [2.45, 2.75) is 63.6 Å². The molecule has 6 rings (SSSR count). The van der Waals surface area contributed by atoms with E-state index in [0.29, 0.717) is 74.2 Å². The van der Waals surface area contributed by atoms with Crippen LogP contribution in [0.2, 0.25) is 0 Å². The molecule has 0 spiro atoms. The molecule has 5 aromatic rings. The molecule has 1 saturated heterocycles. The summed E-state index contributed by atoms with van der Waals surface area (Å²) in [5.41, 5.74) is 9.16. The first-order chi connectivity index (χ1) is 34.5. The Hall–Kier alpha value is -8.18. The molecule has 1 aliphatic heterocycles. The number of aliphatic carboxylic acids is 2.